The van der Waals surface area contributed by atoms with E-state index in [0.717, 1.165) is 0 Å². The number of rotatable bonds is 0. The molecule has 80 valence electrons. The van der Waals surface area contributed by atoms with Gasteiger partial charge in [-0.1, -0.05) is 6.07 Å². The van der Waals surface area contributed by atoms with Gasteiger partial charge < -0.3 is 5.11 Å². The van der Waals surface area contributed by atoms with Gasteiger partial charge in [0.2, 0.25) is 0 Å². The summed E-state index contributed by atoms with van der Waals surface area (Å²) in [6.07, 6.45) is -1.58. The Morgan fingerprint density at radius 2 is 1.50 bits per heavy atom. The molecule has 0 aliphatic heterocycles. The molecule has 0 aromatic carbocycles. The molecule has 1 aromatic rings. The number of hydrogen-bond acceptors (Lipinski definition) is 2. The van der Waals surface area contributed by atoms with Gasteiger partial charge in [-0.2, -0.15) is 13.2 Å². The maximum Gasteiger partial charge on any atom is 0.490 e. The van der Waals surface area contributed by atoms with Crippen molar-refractivity contribution < 1.29 is 40.1 Å². The summed E-state index contributed by atoms with van der Waals surface area (Å²) < 4.78 is 31.7. The summed E-state index contributed by atoms with van der Waals surface area (Å²) in [5, 5.41) is 7.12. The van der Waals surface area contributed by atoms with Crippen LogP contribution in [-0.4, -0.2) is 22.2 Å². The molecule has 0 saturated heterocycles. The molecule has 1 aromatic heterocycles. The van der Waals surface area contributed by atoms with Crippen molar-refractivity contribution in [1.29, 1.82) is 0 Å². The Morgan fingerprint density at radius 3 is 1.57 bits per heavy atom. The standard InChI is InChI=1S/C5H5N.C2HF3O2.Fe/c1-2-4-6-5-3-1;3-2(4,5)1(6)7;/h1-5H;(H,6,7);. The molecule has 1 rings (SSSR count). The Balaban J connectivity index is 0. The summed E-state index contributed by atoms with van der Waals surface area (Å²) in [4.78, 5) is 12.7. The van der Waals surface area contributed by atoms with Gasteiger partial charge in [0.25, 0.3) is 0 Å². The minimum absolute atomic E-state index is 0. The molecule has 0 fully saturated rings. The van der Waals surface area contributed by atoms with Crippen molar-refractivity contribution in [3.05, 3.63) is 30.6 Å². The number of aliphatic carboxylic acids is 1. The van der Waals surface area contributed by atoms with Crippen molar-refractivity contribution in [2.75, 3.05) is 0 Å². The van der Waals surface area contributed by atoms with Crippen molar-refractivity contribution in [2.45, 2.75) is 6.18 Å². The molecule has 0 unspecified atom stereocenters. The van der Waals surface area contributed by atoms with Crippen molar-refractivity contribution >= 4 is 5.97 Å². The van der Waals surface area contributed by atoms with E-state index in [1.54, 1.807) is 12.4 Å². The van der Waals surface area contributed by atoms with Crippen LogP contribution in [0.1, 0.15) is 0 Å². The third-order valence-electron chi connectivity index (χ3n) is 0.809. The van der Waals surface area contributed by atoms with E-state index in [2.05, 4.69) is 4.98 Å². The van der Waals surface area contributed by atoms with Crippen LogP contribution in [-0.2, 0) is 21.9 Å². The van der Waals surface area contributed by atoms with Crippen molar-refractivity contribution in [3.63, 3.8) is 0 Å². The van der Waals surface area contributed by atoms with E-state index in [9.17, 15) is 13.2 Å². The fourth-order valence-electron chi connectivity index (χ4n) is 0.313. The number of halogens is 3. The maximum atomic E-state index is 10.6. The summed E-state index contributed by atoms with van der Waals surface area (Å²) >= 11 is 0. The van der Waals surface area contributed by atoms with E-state index in [0.29, 0.717) is 0 Å². The monoisotopic (exact) mass is 249 g/mol. The first-order chi connectivity index (χ1) is 5.94. The van der Waals surface area contributed by atoms with Gasteiger partial charge in [0.05, 0.1) is 0 Å². The summed E-state index contributed by atoms with van der Waals surface area (Å²) in [7, 11) is 0. The average Bonchev–Trinajstić information content (AvgIpc) is 2.07. The second-order valence-corrected chi connectivity index (χ2v) is 1.83. The normalized spacial score (nSPS) is 9.07. The number of nitrogens with zero attached hydrogens (tertiary/aromatic N) is 1. The minimum atomic E-state index is -5.08. The molecule has 0 radical (unpaired) electrons. The fourth-order valence-corrected chi connectivity index (χ4v) is 0.313. The van der Waals surface area contributed by atoms with E-state index >= 15 is 0 Å². The number of hydrogen-bond donors (Lipinski definition) is 1. The molecule has 1 heterocycles. The molecule has 7 heteroatoms. The number of carbonyl (C=O) groups is 1. The number of alkyl halides is 3. The Bertz CT molecular complexity index is 226. The molecule has 0 aliphatic rings. The van der Waals surface area contributed by atoms with Crippen LogP contribution < -0.4 is 0 Å². The molecule has 0 amide bonds. The quantitative estimate of drug-likeness (QED) is 0.712. The molecular formula is C7H6F3FeNO2. The molecule has 0 bridgehead atoms. The second-order valence-electron chi connectivity index (χ2n) is 1.83. The first-order valence-electron chi connectivity index (χ1n) is 3.09. The number of aromatic nitrogens is 1. The van der Waals surface area contributed by atoms with Gasteiger partial charge in [-0.3, -0.25) is 4.98 Å². The van der Waals surface area contributed by atoms with Crippen molar-refractivity contribution in [2.24, 2.45) is 0 Å². The topological polar surface area (TPSA) is 50.2 Å². The molecule has 14 heavy (non-hydrogen) atoms. The van der Waals surface area contributed by atoms with Gasteiger partial charge in [0.15, 0.2) is 0 Å². The zero-order valence-electron chi connectivity index (χ0n) is 6.68. The molecule has 0 atom stereocenters. The van der Waals surface area contributed by atoms with E-state index in [1.165, 1.54) is 0 Å². The Hall–Kier alpha value is -1.07. The van der Waals surface area contributed by atoms with Crippen LogP contribution in [0, 0.1) is 0 Å². The van der Waals surface area contributed by atoms with Crippen molar-refractivity contribution in [1.82, 2.24) is 4.98 Å². The third kappa shape index (κ3) is 9.02. The van der Waals surface area contributed by atoms with Crippen LogP contribution >= 0.6 is 0 Å². The zero-order valence-corrected chi connectivity index (χ0v) is 7.78. The molecule has 0 spiro atoms. The number of pyridine rings is 1. The smallest absolute Gasteiger partial charge is 0.475 e. The molecule has 3 nitrogen and oxygen atoms in total. The Morgan fingerprint density at radius 1 is 1.14 bits per heavy atom. The fraction of sp³-hybridized carbons (Fsp3) is 0.143. The van der Waals surface area contributed by atoms with E-state index in [1.807, 2.05) is 18.2 Å². The van der Waals surface area contributed by atoms with Crippen LogP contribution in [0.25, 0.3) is 0 Å². The van der Waals surface area contributed by atoms with Gasteiger partial charge in [0, 0.05) is 29.5 Å². The van der Waals surface area contributed by atoms with Gasteiger partial charge in [-0.05, 0) is 12.1 Å². The van der Waals surface area contributed by atoms with Crippen LogP contribution in [0.15, 0.2) is 30.6 Å². The van der Waals surface area contributed by atoms with Crippen LogP contribution in [0.2, 0.25) is 0 Å². The maximum absolute atomic E-state index is 10.6. The summed E-state index contributed by atoms with van der Waals surface area (Å²) in [5.41, 5.74) is 0. The summed E-state index contributed by atoms with van der Waals surface area (Å²) in [6, 6.07) is 5.72. The molecule has 0 aliphatic carbocycles. The minimum Gasteiger partial charge on any atom is -0.475 e. The van der Waals surface area contributed by atoms with Gasteiger partial charge in [-0.25, -0.2) is 4.79 Å². The zero-order chi connectivity index (χ0) is 10.3. The van der Waals surface area contributed by atoms with E-state index in [4.69, 9.17) is 9.90 Å². The largest absolute Gasteiger partial charge is 0.490 e. The second kappa shape index (κ2) is 7.34. The van der Waals surface area contributed by atoms with Crippen LogP contribution in [0.3, 0.4) is 0 Å². The number of carboxylic acids is 1. The number of carboxylic acid groups (broad SMARTS) is 1. The van der Waals surface area contributed by atoms with E-state index in [-0.39, 0.29) is 17.1 Å². The first kappa shape index (κ1) is 15.4. The molecular weight excluding hydrogens is 243 g/mol. The van der Waals surface area contributed by atoms with Gasteiger partial charge in [-0.15, -0.1) is 0 Å². The Labute approximate surface area is 88.4 Å². The first-order valence-corrected chi connectivity index (χ1v) is 3.09. The average molecular weight is 249 g/mol. The van der Waals surface area contributed by atoms with Crippen molar-refractivity contribution in [3.8, 4) is 0 Å². The SMILES string of the molecule is O=C(O)C(F)(F)F.[Fe].c1ccncc1. The summed E-state index contributed by atoms with van der Waals surface area (Å²) in [5.74, 6) is -2.76. The summed E-state index contributed by atoms with van der Waals surface area (Å²) in [6.45, 7) is 0. The molecule has 1 N–H and O–H groups in total. The van der Waals surface area contributed by atoms with Gasteiger partial charge in [0.1, 0.15) is 0 Å². The van der Waals surface area contributed by atoms with Crippen LogP contribution in [0.5, 0.6) is 0 Å². The predicted molar refractivity (Wildman–Crippen MR) is 37.9 cm³/mol. The van der Waals surface area contributed by atoms with Gasteiger partial charge >= 0.3 is 12.1 Å². The van der Waals surface area contributed by atoms with Crippen LogP contribution in [0.4, 0.5) is 13.2 Å². The predicted octanol–water partition coefficient (Wildman–Crippen LogP) is 1.71. The third-order valence-corrected chi connectivity index (χ3v) is 0.809. The van der Waals surface area contributed by atoms with E-state index < -0.39 is 12.1 Å². The molecule has 0 saturated carbocycles. The Kier molecular flexibility index (Phi) is 8.08.